The summed E-state index contributed by atoms with van der Waals surface area (Å²) >= 11 is 0. The topological polar surface area (TPSA) is 92.1 Å². The molecule has 2 aromatic rings. The maximum absolute atomic E-state index is 12.8. The normalized spacial score (nSPS) is 15.2. The largest absolute Gasteiger partial charge is 0.399 e. The van der Waals surface area contributed by atoms with Crippen LogP contribution in [-0.4, -0.2) is 25.2 Å². The van der Waals surface area contributed by atoms with Gasteiger partial charge in [0.15, 0.2) is 0 Å². The van der Waals surface area contributed by atoms with Gasteiger partial charge in [-0.1, -0.05) is 0 Å². The van der Waals surface area contributed by atoms with Crippen LogP contribution in [0.4, 0.5) is 11.4 Å². The van der Waals surface area contributed by atoms with Gasteiger partial charge in [0.2, 0.25) is 0 Å². The number of aromatic amines is 1. The molecule has 0 bridgehead atoms. The smallest absolute Gasteiger partial charge is 0.267 e. The van der Waals surface area contributed by atoms with E-state index in [1.165, 1.54) is 10.5 Å². The SMILES string of the molecule is Cc1[nH]ncc1S(=O)(=O)N1CCCc2cc(N)ccc21. The Morgan fingerprint density at radius 1 is 1.40 bits per heavy atom. The number of fused-ring (bicyclic) bond motifs is 1. The number of H-pyrrole nitrogens is 1. The molecule has 1 aliphatic heterocycles. The quantitative estimate of drug-likeness (QED) is 0.819. The summed E-state index contributed by atoms with van der Waals surface area (Å²) in [6, 6.07) is 5.35. The lowest BCUT2D eigenvalue weighted by atomic mass is 10.0. The molecule has 0 atom stereocenters. The van der Waals surface area contributed by atoms with Crippen molar-refractivity contribution in [2.75, 3.05) is 16.6 Å². The van der Waals surface area contributed by atoms with Gasteiger partial charge in [-0.15, -0.1) is 0 Å². The van der Waals surface area contributed by atoms with Crippen LogP contribution in [0.3, 0.4) is 0 Å². The number of aromatic nitrogens is 2. The van der Waals surface area contributed by atoms with E-state index in [-0.39, 0.29) is 4.90 Å². The monoisotopic (exact) mass is 292 g/mol. The van der Waals surface area contributed by atoms with E-state index in [0.717, 1.165) is 18.4 Å². The van der Waals surface area contributed by atoms with Crippen molar-refractivity contribution in [3.8, 4) is 0 Å². The molecular weight excluding hydrogens is 276 g/mol. The lowest BCUT2D eigenvalue weighted by molar-refractivity contribution is 0.586. The number of nitrogen functional groups attached to an aromatic ring is 1. The molecule has 2 heterocycles. The van der Waals surface area contributed by atoms with Gasteiger partial charge in [-0.3, -0.25) is 9.40 Å². The molecule has 3 rings (SSSR count). The third-order valence-electron chi connectivity index (χ3n) is 3.53. The second-order valence-corrected chi connectivity index (χ2v) is 6.76. The summed E-state index contributed by atoms with van der Waals surface area (Å²) in [4.78, 5) is 0.224. The molecule has 1 aromatic heterocycles. The first kappa shape index (κ1) is 13.0. The molecule has 0 saturated heterocycles. The fourth-order valence-electron chi connectivity index (χ4n) is 2.55. The van der Waals surface area contributed by atoms with Crippen LogP contribution in [0, 0.1) is 6.92 Å². The van der Waals surface area contributed by atoms with E-state index in [2.05, 4.69) is 10.2 Å². The van der Waals surface area contributed by atoms with Crippen molar-refractivity contribution in [3.63, 3.8) is 0 Å². The number of rotatable bonds is 2. The summed E-state index contributed by atoms with van der Waals surface area (Å²) in [5.74, 6) is 0. The van der Waals surface area contributed by atoms with Crippen LogP contribution >= 0.6 is 0 Å². The van der Waals surface area contributed by atoms with E-state index in [1.54, 1.807) is 19.1 Å². The number of anilines is 2. The molecule has 3 N–H and O–H groups in total. The lowest BCUT2D eigenvalue weighted by Gasteiger charge is -2.30. The van der Waals surface area contributed by atoms with Crippen LogP contribution < -0.4 is 10.0 Å². The maximum Gasteiger partial charge on any atom is 0.267 e. The first-order valence-corrected chi connectivity index (χ1v) is 7.85. The van der Waals surface area contributed by atoms with Crippen LogP contribution in [-0.2, 0) is 16.4 Å². The second kappa shape index (κ2) is 4.52. The molecule has 0 spiro atoms. The van der Waals surface area contributed by atoms with Gasteiger partial charge in [0.25, 0.3) is 10.0 Å². The highest BCUT2D eigenvalue weighted by molar-refractivity contribution is 7.92. The van der Waals surface area contributed by atoms with Crippen molar-refractivity contribution in [1.29, 1.82) is 0 Å². The highest BCUT2D eigenvalue weighted by Crippen LogP contribution is 2.33. The van der Waals surface area contributed by atoms with Crippen molar-refractivity contribution in [3.05, 3.63) is 35.7 Å². The zero-order chi connectivity index (χ0) is 14.3. The third-order valence-corrected chi connectivity index (χ3v) is 5.46. The average molecular weight is 292 g/mol. The van der Waals surface area contributed by atoms with E-state index in [4.69, 9.17) is 5.73 Å². The molecule has 0 aliphatic carbocycles. The van der Waals surface area contributed by atoms with Crippen LogP contribution in [0.2, 0.25) is 0 Å². The molecule has 106 valence electrons. The van der Waals surface area contributed by atoms with Gasteiger partial charge >= 0.3 is 0 Å². The summed E-state index contributed by atoms with van der Waals surface area (Å²) in [6.07, 6.45) is 2.99. The van der Waals surface area contributed by atoms with Gasteiger partial charge in [-0.25, -0.2) is 8.42 Å². The Balaban J connectivity index is 2.11. The molecule has 0 unspecified atom stereocenters. The number of hydrogen-bond acceptors (Lipinski definition) is 4. The molecule has 0 saturated carbocycles. The van der Waals surface area contributed by atoms with Gasteiger partial charge in [0.1, 0.15) is 4.90 Å². The Morgan fingerprint density at radius 2 is 2.20 bits per heavy atom. The Morgan fingerprint density at radius 3 is 2.90 bits per heavy atom. The van der Waals surface area contributed by atoms with Crippen molar-refractivity contribution in [2.24, 2.45) is 0 Å². The summed E-state index contributed by atoms with van der Waals surface area (Å²) in [6.45, 7) is 2.18. The summed E-state index contributed by atoms with van der Waals surface area (Å²) in [7, 11) is -3.58. The Kier molecular flexibility index (Phi) is 2.93. The number of hydrogen-bond donors (Lipinski definition) is 2. The minimum atomic E-state index is -3.58. The maximum atomic E-state index is 12.8. The predicted molar refractivity (Wildman–Crippen MR) is 77.0 cm³/mol. The minimum absolute atomic E-state index is 0.224. The van der Waals surface area contributed by atoms with Crippen LogP contribution in [0.5, 0.6) is 0 Å². The van der Waals surface area contributed by atoms with Crippen molar-refractivity contribution >= 4 is 21.4 Å². The van der Waals surface area contributed by atoms with Gasteiger partial charge in [0, 0.05) is 12.2 Å². The zero-order valence-electron chi connectivity index (χ0n) is 11.1. The fraction of sp³-hybridized carbons (Fsp3) is 0.308. The third kappa shape index (κ3) is 1.94. The van der Waals surface area contributed by atoms with Crippen molar-refractivity contribution in [1.82, 2.24) is 10.2 Å². The van der Waals surface area contributed by atoms with E-state index in [9.17, 15) is 8.42 Å². The van der Waals surface area contributed by atoms with E-state index >= 15 is 0 Å². The van der Waals surface area contributed by atoms with Crippen LogP contribution in [0.1, 0.15) is 17.7 Å². The molecule has 1 aromatic carbocycles. The summed E-state index contributed by atoms with van der Waals surface area (Å²) in [5, 5.41) is 6.47. The number of sulfonamides is 1. The Hall–Kier alpha value is -2.02. The van der Waals surface area contributed by atoms with Gasteiger partial charge in [0.05, 0.1) is 17.6 Å². The zero-order valence-corrected chi connectivity index (χ0v) is 11.9. The van der Waals surface area contributed by atoms with E-state index < -0.39 is 10.0 Å². The molecule has 1 aliphatic rings. The molecule has 20 heavy (non-hydrogen) atoms. The van der Waals surface area contributed by atoms with Gasteiger partial charge in [-0.2, -0.15) is 5.10 Å². The average Bonchev–Trinajstić information content (AvgIpc) is 2.84. The van der Waals surface area contributed by atoms with Crippen molar-refractivity contribution < 1.29 is 8.42 Å². The van der Waals surface area contributed by atoms with Crippen molar-refractivity contribution in [2.45, 2.75) is 24.7 Å². The number of nitrogens with zero attached hydrogens (tertiary/aromatic N) is 2. The lowest BCUT2D eigenvalue weighted by Crippen LogP contribution is -2.35. The molecular formula is C13H16N4O2S. The molecule has 6 nitrogen and oxygen atoms in total. The molecule has 0 radical (unpaired) electrons. The highest BCUT2D eigenvalue weighted by atomic mass is 32.2. The predicted octanol–water partition coefficient (Wildman–Crippen LogP) is 1.44. The number of nitrogens with two attached hydrogens (primary N) is 1. The van der Waals surface area contributed by atoms with Crippen LogP contribution in [0.15, 0.2) is 29.3 Å². The first-order valence-electron chi connectivity index (χ1n) is 6.41. The second-order valence-electron chi connectivity index (χ2n) is 4.93. The van der Waals surface area contributed by atoms with E-state index in [0.29, 0.717) is 23.6 Å². The van der Waals surface area contributed by atoms with E-state index in [1.807, 2.05) is 6.07 Å². The molecule has 0 amide bonds. The standard InChI is InChI=1S/C13H16N4O2S/c1-9-13(8-15-16-9)20(18,19)17-6-2-3-10-7-11(14)4-5-12(10)17/h4-5,7-8H,2-3,6,14H2,1H3,(H,15,16). The summed E-state index contributed by atoms with van der Waals surface area (Å²) in [5.41, 5.74) is 8.66. The number of nitrogens with one attached hydrogen (secondary N) is 1. The highest BCUT2D eigenvalue weighted by Gasteiger charge is 2.31. The Labute approximate surface area is 117 Å². The number of aryl methyl sites for hydroxylation is 2. The summed E-state index contributed by atoms with van der Waals surface area (Å²) < 4.78 is 27.0. The fourth-order valence-corrected chi connectivity index (χ4v) is 4.21. The minimum Gasteiger partial charge on any atom is -0.399 e. The number of benzene rings is 1. The Bertz CT molecular complexity index is 751. The molecule has 0 fully saturated rings. The van der Waals surface area contributed by atoms with Gasteiger partial charge < -0.3 is 5.73 Å². The molecule has 7 heteroatoms. The van der Waals surface area contributed by atoms with Crippen LogP contribution in [0.25, 0.3) is 0 Å². The first-order chi connectivity index (χ1) is 9.50. The van der Waals surface area contributed by atoms with Gasteiger partial charge in [-0.05, 0) is 43.5 Å².